The van der Waals surface area contributed by atoms with Crippen LogP contribution in [-0.4, -0.2) is 33.8 Å². The van der Waals surface area contributed by atoms with Crippen LogP contribution in [0.2, 0.25) is 0 Å². The second kappa shape index (κ2) is 8.48. The van der Waals surface area contributed by atoms with E-state index in [1.807, 2.05) is 19.1 Å². The van der Waals surface area contributed by atoms with Crippen LogP contribution in [0.3, 0.4) is 0 Å². The number of hydrogen-bond acceptors (Lipinski definition) is 5. The molecule has 0 saturated carbocycles. The molecule has 0 atom stereocenters. The Kier molecular flexibility index (Phi) is 7.75. The van der Waals surface area contributed by atoms with Crippen molar-refractivity contribution in [3.8, 4) is 17.2 Å². The van der Waals surface area contributed by atoms with Crippen molar-refractivity contribution in [3.05, 3.63) is 17.7 Å². The third-order valence-corrected chi connectivity index (χ3v) is 2.41. The molecule has 0 amide bonds. The van der Waals surface area contributed by atoms with Gasteiger partial charge in [-0.05, 0) is 24.6 Å². The van der Waals surface area contributed by atoms with Crippen LogP contribution < -0.4 is 14.2 Å². The summed E-state index contributed by atoms with van der Waals surface area (Å²) in [4.78, 5) is 0. The molecule has 1 rings (SSSR count). The Labute approximate surface area is 119 Å². The summed E-state index contributed by atoms with van der Waals surface area (Å²) in [6.45, 7) is 2.34. The number of halogens is 1. The zero-order chi connectivity index (χ0) is 13.5. The van der Waals surface area contributed by atoms with Gasteiger partial charge in [0.1, 0.15) is 0 Å². The van der Waals surface area contributed by atoms with E-state index in [0.29, 0.717) is 30.3 Å². The number of ether oxygens (including phenoxy) is 4. The molecule has 0 aliphatic heterocycles. The molecule has 0 aliphatic rings. The van der Waals surface area contributed by atoms with Gasteiger partial charge < -0.3 is 18.9 Å². The summed E-state index contributed by atoms with van der Waals surface area (Å²) in [6, 6.07) is 3.63. The molecule has 19 heavy (non-hydrogen) atoms. The van der Waals surface area contributed by atoms with Gasteiger partial charge in [-0.15, -0.1) is 12.4 Å². The maximum atomic E-state index is 7.64. The third-order valence-electron chi connectivity index (χ3n) is 2.41. The van der Waals surface area contributed by atoms with E-state index in [9.17, 15) is 0 Å². The first-order chi connectivity index (χ1) is 8.65. The SMILES string of the molecule is CCOC(=N)Cc1cc(OC)c(OC)c(OC)c1.Cl. The van der Waals surface area contributed by atoms with Crippen molar-refractivity contribution in [2.24, 2.45) is 0 Å². The Balaban J connectivity index is 0.00000324. The van der Waals surface area contributed by atoms with Crippen LogP contribution in [0.15, 0.2) is 12.1 Å². The van der Waals surface area contributed by atoms with Crippen molar-refractivity contribution >= 4 is 18.3 Å². The summed E-state index contributed by atoms with van der Waals surface area (Å²) in [5, 5.41) is 7.64. The predicted molar refractivity (Wildman–Crippen MR) is 76.4 cm³/mol. The molecule has 0 radical (unpaired) electrons. The van der Waals surface area contributed by atoms with Crippen molar-refractivity contribution in [2.75, 3.05) is 27.9 Å². The Morgan fingerprint density at radius 1 is 1.05 bits per heavy atom. The molecule has 5 nitrogen and oxygen atoms in total. The molecule has 0 unspecified atom stereocenters. The summed E-state index contributed by atoms with van der Waals surface area (Å²) in [5.41, 5.74) is 0.878. The standard InChI is InChI=1S/C13H19NO4.ClH/c1-5-18-12(14)8-9-6-10(15-2)13(17-4)11(7-9)16-3;/h6-7,14H,5,8H2,1-4H3;1H. The van der Waals surface area contributed by atoms with Crippen LogP contribution in [0, 0.1) is 5.41 Å². The Hall–Kier alpha value is -1.62. The van der Waals surface area contributed by atoms with Crippen LogP contribution in [0.1, 0.15) is 12.5 Å². The van der Waals surface area contributed by atoms with E-state index >= 15 is 0 Å². The fourth-order valence-corrected chi connectivity index (χ4v) is 1.65. The molecular weight excluding hydrogens is 270 g/mol. The average molecular weight is 290 g/mol. The highest BCUT2D eigenvalue weighted by molar-refractivity contribution is 5.85. The lowest BCUT2D eigenvalue weighted by molar-refractivity contribution is 0.315. The summed E-state index contributed by atoms with van der Waals surface area (Å²) < 4.78 is 20.8. The summed E-state index contributed by atoms with van der Waals surface area (Å²) in [7, 11) is 4.69. The second-order valence-corrected chi connectivity index (χ2v) is 3.57. The van der Waals surface area contributed by atoms with Crippen LogP contribution in [0.4, 0.5) is 0 Å². The monoisotopic (exact) mass is 289 g/mol. The van der Waals surface area contributed by atoms with E-state index in [4.69, 9.17) is 24.4 Å². The molecule has 0 aromatic heterocycles. The Morgan fingerprint density at radius 3 is 1.95 bits per heavy atom. The van der Waals surface area contributed by atoms with E-state index in [2.05, 4.69) is 0 Å². The van der Waals surface area contributed by atoms with Crippen molar-refractivity contribution in [1.82, 2.24) is 0 Å². The number of methoxy groups -OCH3 is 3. The second-order valence-electron chi connectivity index (χ2n) is 3.57. The lowest BCUT2D eigenvalue weighted by atomic mass is 10.1. The maximum absolute atomic E-state index is 7.64. The van der Waals surface area contributed by atoms with Crippen LogP contribution in [0.25, 0.3) is 0 Å². The number of hydrogen-bond donors (Lipinski definition) is 1. The van der Waals surface area contributed by atoms with E-state index < -0.39 is 0 Å². The van der Waals surface area contributed by atoms with Crippen LogP contribution in [-0.2, 0) is 11.2 Å². The molecule has 0 spiro atoms. The molecule has 0 saturated heterocycles. The number of nitrogens with one attached hydrogen (secondary N) is 1. The van der Waals surface area contributed by atoms with Gasteiger partial charge in [0.25, 0.3) is 0 Å². The van der Waals surface area contributed by atoms with Crippen molar-refractivity contribution in [2.45, 2.75) is 13.3 Å². The van der Waals surface area contributed by atoms with Gasteiger partial charge >= 0.3 is 0 Å². The summed E-state index contributed by atoms with van der Waals surface area (Å²) >= 11 is 0. The third kappa shape index (κ3) is 4.52. The van der Waals surface area contributed by atoms with Gasteiger partial charge in [0.2, 0.25) is 5.75 Å². The first-order valence-corrected chi connectivity index (χ1v) is 5.65. The molecule has 108 valence electrons. The molecule has 1 aromatic carbocycles. The van der Waals surface area contributed by atoms with Crippen molar-refractivity contribution < 1.29 is 18.9 Å². The largest absolute Gasteiger partial charge is 0.493 e. The summed E-state index contributed by atoms with van der Waals surface area (Å²) in [6.07, 6.45) is 0.393. The van der Waals surface area contributed by atoms with Crippen molar-refractivity contribution in [1.29, 1.82) is 5.41 Å². The van der Waals surface area contributed by atoms with Gasteiger partial charge in [0.05, 0.1) is 27.9 Å². The lowest BCUT2D eigenvalue weighted by Gasteiger charge is -2.14. The minimum absolute atomic E-state index is 0. The van der Waals surface area contributed by atoms with Crippen LogP contribution in [0.5, 0.6) is 17.2 Å². The molecule has 0 heterocycles. The Bertz CT molecular complexity index is 398. The van der Waals surface area contributed by atoms with Gasteiger partial charge in [-0.3, -0.25) is 5.41 Å². The Morgan fingerprint density at radius 2 is 1.58 bits per heavy atom. The first kappa shape index (κ1) is 17.4. The van der Waals surface area contributed by atoms with Gasteiger partial charge in [-0.1, -0.05) is 0 Å². The number of rotatable bonds is 6. The first-order valence-electron chi connectivity index (χ1n) is 5.65. The van der Waals surface area contributed by atoms with Crippen molar-refractivity contribution in [3.63, 3.8) is 0 Å². The smallest absolute Gasteiger partial charge is 0.203 e. The molecule has 0 bridgehead atoms. The van der Waals surface area contributed by atoms with Crippen LogP contribution >= 0.6 is 12.4 Å². The normalized spacial score (nSPS) is 9.26. The number of benzene rings is 1. The highest BCUT2D eigenvalue weighted by atomic mass is 35.5. The van der Waals surface area contributed by atoms with Gasteiger partial charge in [-0.25, -0.2) is 0 Å². The van der Waals surface area contributed by atoms with E-state index in [1.165, 1.54) is 0 Å². The fourth-order valence-electron chi connectivity index (χ4n) is 1.65. The molecule has 1 aromatic rings. The predicted octanol–water partition coefficient (Wildman–Crippen LogP) is 2.69. The van der Waals surface area contributed by atoms with E-state index in [-0.39, 0.29) is 18.3 Å². The van der Waals surface area contributed by atoms with Gasteiger partial charge in [-0.2, -0.15) is 0 Å². The molecule has 1 N–H and O–H groups in total. The highest BCUT2D eigenvalue weighted by Crippen LogP contribution is 2.38. The minimum Gasteiger partial charge on any atom is -0.493 e. The van der Waals surface area contributed by atoms with Gasteiger partial charge in [0, 0.05) is 6.42 Å². The van der Waals surface area contributed by atoms with Gasteiger partial charge in [0.15, 0.2) is 17.4 Å². The zero-order valence-corrected chi connectivity index (χ0v) is 12.4. The molecule has 0 fully saturated rings. The molecule has 6 heteroatoms. The van der Waals surface area contributed by atoms with E-state index in [0.717, 1.165) is 5.56 Å². The maximum Gasteiger partial charge on any atom is 0.203 e. The van der Waals surface area contributed by atoms with E-state index in [1.54, 1.807) is 21.3 Å². The summed E-state index contributed by atoms with van der Waals surface area (Å²) in [5.74, 6) is 1.92. The topological polar surface area (TPSA) is 60.8 Å². The lowest BCUT2D eigenvalue weighted by Crippen LogP contribution is -2.07. The minimum atomic E-state index is 0. The fraction of sp³-hybridized carbons (Fsp3) is 0.462. The molecule has 0 aliphatic carbocycles. The zero-order valence-electron chi connectivity index (χ0n) is 11.6. The average Bonchev–Trinajstić information content (AvgIpc) is 2.37. The highest BCUT2D eigenvalue weighted by Gasteiger charge is 2.14. The quantitative estimate of drug-likeness (QED) is 0.646. The molecular formula is C13H20ClNO4.